The molecule has 4 nitrogen and oxygen atoms in total. The van der Waals surface area contributed by atoms with Crippen LogP contribution in [-0.4, -0.2) is 39.2 Å². The minimum atomic E-state index is -0.618. The maximum absolute atomic E-state index is 12.5. The number of carbonyl (C=O) groups is 1. The second kappa shape index (κ2) is 5.19. The molecule has 1 aliphatic rings. The molecule has 4 heteroatoms. The summed E-state index contributed by atoms with van der Waals surface area (Å²) < 4.78 is 2.07. The number of nitrogens with zero attached hydrogens (tertiary/aromatic N) is 2. The molecule has 2 aromatic rings. The van der Waals surface area contributed by atoms with E-state index in [2.05, 4.69) is 22.8 Å². The third-order valence-corrected chi connectivity index (χ3v) is 4.50. The predicted molar refractivity (Wildman–Crippen MR) is 83.1 cm³/mol. The highest BCUT2D eigenvalue weighted by atomic mass is 16.3. The van der Waals surface area contributed by atoms with Crippen molar-refractivity contribution in [2.24, 2.45) is 0 Å². The summed E-state index contributed by atoms with van der Waals surface area (Å²) in [6.45, 7) is 5.54. The van der Waals surface area contributed by atoms with Gasteiger partial charge in [0.25, 0.3) is 0 Å². The van der Waals surface area contributed by atoms with E-state index in [1.54, 1.807) is 0 Å². The van der Waals surface area contributed by atoms with Gasteiger partial charge in [0.1, 0.15) is 6.54 Å². The predicted octanol–water partition coefficient (Wildman–Crippen LogP) is 2.32. The van der Waals surface area contributed by atoms with E-state index < -0.39 is 5.60 Å². The van der Waals surface area contributed by atoms with Crippen LogP contribution in [0, 0.1) is 6.92 Å². The Balaban J connectivity index is 1.76. The van der Waals surface area contributed by atoms with Gasteiger partial charge in [0.05, 0.1) is 5.60 Å². The molecule has 21 heavy (non-hydrogen) atoms. The second-order valence-corrected chi connectivity index (χ2v) is 6.31. The zero-order valence-electron chi connectivity index (χ0n) is 12.7. The van der Waals surface area contributed by atoms with Crippen LogP contribution in [0.1, 0.15) is 25.5 Å². The number of amides is 1. The zero-order valence-corrected chi connectivity index (χ0v) is 12.7. The van der Waals surface area contributed by atoms with E-state index in [1.165, 1.54) is 5.39 Å². The number of aliphatic hydroxyl groups is 1. The van der Waals surface area contributed by atoms with Gasteiger partial charge in [-0.05, 0) is 44.2 Å². The number of aryl methyl sites for hydroxylation is 1. The molecule has 1 fully saturated rings. The number of para-hydroxylation sites is 1. The Labute approximate surface area is 125 Å². The Bertz CT molecular complexity index is 662. The van der Waals surface area contributed by atoms with Crippen LogP contribution in [-0.2, 0) is 11.3 Å². The van der Waals surface area contributed by atoms with Gasteiger partial charge in [0, 0.05) is 24.3 Å². The summed E-state index contributed by atoms with van der Waals surface area (Å²) >= 11 is 0. The first kappa shape index (κ1) is 14.1. The highest BCUT2D eigenvalue weighted by molar-refractivity contribution is 5.84. The maximum atomic E-state index is 12.5. The van der Waals surface area contributed by atoms with Crippen molar-refractivity contribution in [3.05, 3.63) is 36.0 Å². The monoisotopic (exact) mass is 286 g/mol. The number of hydrogen-bond acceptors (Lipinski definition) is 2. The molecule has 0 atom stereocenters. The van der Waals surface area contributed by atoms with Gasteiger partial charge >= 0.3 is 0 Å². The van der Waals surface area contributed by atoms with E-state index in [1.807, 2.05) is 30.9 Å². The molecule has 0 aliphatic carbocycles. The summed E-state index contributed by atoms with van der Waals surface area (Å²) in [5, 5.41) is 11.1. The fraction of sp³-hybridized carbons (Fsp3) is 0.471. The number of rotatable bonds is 2. The zero-order chi connectivity index (χ0) is 15.0. The fourth-order valence-electron chi connectivity index (χ4n) is 3.03. The van der Waals surface area contributed by atoms with Crippen molar-refractivity contribution >= 4 is 16.8 Å². The topological polar surface area (TPSA) is 45.5 Å². The molecule has 112 valence electrons. The Morgan fingerprint density at radius 3 is 2.67 bits per heavy atom. The third-order valence-electron chi connectivity index (χ3n) is 4.50. The molecule has 0 unspecified atom stereocenters. The molecule has 1 saturated heterocycles. The van der Waals surface area contributed by atoms with Crippen LogP contribution in [0.25, 0.3) is 10.9 Å². The lowest BCUT2D eigenvalue weighted by Crippen LogP contribution is -2.46. The van der Waals surface area contributed by atoms with Crippen molar-refractivity contribution in [1.82, 2.24) is 9.47 Å². The van der Waals surface area contributed by atoms with Crippen LogP contribution in [0.5, 0.6) is 0 Å². The first-order chi connectivity index (χ1) is 9.96. The molecule has 0 bridgehead atoms. The van der Waals surface area contributed by atoms with Crippen molar-refractivity contribution in [2.75, 3.05) is 13.1 Å². The SMILES string of the molecule is Cc1cc2ccccc2n1CC(=O)N1CCC(C)(O)CC1. The van der Waals surface area contributed by atoms with E-state index in [0.29, 0.717) is 32.5 Å². The molecule has 0 radical (unpaired) electrons. The normalized spacial score (nSPS) is 18.1. The van der Waals surface area contributed by atoms with Crippen molar-refractivity contribution in [3.8, 4) is 0 Å². The molecule has 0 spiro atoms. The Kier molecular flexibility index (Phi) is 3.49. The van der Waals surface area contributed by atoms with Gasteiger partial charge in [0.15, 0.2) is 0 Å². The van der Waals surface area contributed by atoms with Crippen molar-refractivity contribution in [2.45, 2.75) is 38.8 Å². The van der Waals surface area contributed by atoms with E-state index >= 15 is 0 Å². The van der Waals surface area contributed by atoms with Crippen molar-refractivity contribution < 1.29 is 9.90 Å². The van der Waals surface area contributed by atoms with Crippen LogP contribution >= 0.6 is 0 Å². The minimum Gasteiger partial charge on any atom is -0.390 e. The van der Waals surface area contributed by atoms with Crippen molar-refractivity contribution in [3.63, 3.8) is 0 Å². The summed E-state index contributed by atoms with van der Waals surface area (Å²) in [4.78, 5) is 14.4. The lowest BCUT2D eigenvalue weighted by molar-refractivity contribution is -0.135. The van der Waals surface area contributed by atoms with Gasteiger partial charge in [-0.15, -0.1) is 0 Å². The molecular weight excluding hydrogens is 264 g/mol. The average molecular weight is 286 g/mol. The number of carbonyl (C=O) groups excluding carboxylic acids is 1. The van der Waals surface area contributed by atoms with Gasteiger partial charge in [-0.1, -0.05) is 18.2 Å². The van der Waals surface area contributed by atoms with Gasteiger partial charge in [-0.3, -0.25) is 4.79 Å². The number of benzene rings is 1. The highest BCUT2D eigenvalue weighted by Crippen LogP contribution is 2.23. The van der Waals surface area contributed by atoms with Gasteiger partial charge in [0.2, 0.25) is 5.91 Å². The average Bonchev–Trinajstić information content (AvgIpc) is 2.75. The summed E-state index contributed by atoms with van der Waals surface area (Å²) in [6, 6.07) is 10.3. The smallest absolute Gasteiger partial charge is 0.242 e. The summed E-state index contributed by atoms with van der Waals surface area (Å²) in [5.74, 6) is 0.134. The van der Waals surface area contributed by atoms with E-state index in [4.69, 9.17) is 0 Å². The maximum Gasteiger partial charge on any atom is 0.242 e. The fourth-order valence-corrected chi connectivity index (χ4v) is 3.03. The van der Waals surface area contributed by atoms with Gasteiger partial charge in [-0.25, -0.2) is 0 Å². The van der Waals surface area contributed by atoms with E-state index in [-0.39, 0.29) is 5.91 Å². The second-order valence-electron chi connectivity index (χ2n) is 6.31. The first-order valence-corrected chi connectivity index (χ1v) is 7.51. The first-order valence-electron chi connectivity index (χ1n) is 7.51. The lowest BCUT2D eigenvalue weighted by atomic mass is 9.94. The highest BCUT2D eigenvalue weighted by Gasteiger charge is 2.29. The van der Waals surface area contributed by atoms with E-state index in [0.717, 1.165) is 11.2 Å². The van der Waals surface area contributed by atoms with Crippen molar-refractivity contribution in [1.29, 1.82) is 0 Å². The van der Waals surface area contributed by atoms with Crippen LogP contribution in [0.2, 0.25) is 0 Å². The lowest BCUT2D eigenvalue weighted by Gasteiger charge is -2.36. The molecule has 3 rings (SSSR count). The largest absolute Gasteiger partial charge is 0.390 e. The molecule has 1 aromatic heterocycles. The molecular formula is C17H22N2O2. The molecule has 1 amide bonds. The van der Waals surface area contributed by atoms with Gasteiger partial charge < -0.3 is 14.6 Å². The minimum absolute atomic E-state index is 0.134. The molecule has 1 aliphatic heterocycles. The van der Waals surface area contributed by atoms with Crippen LogP contribution in [0.15, 0.2) is 30.3 Å². The van der Waals surface area contributed by atoms with Gasteiger partial charge in [-0.2, -0.15) is 0 Å². The quantitative estimate of drug-likeness (QED) is 0.921. The Morgan fingerprint density at radius 2 is 1.95 bits per heavy atom. The molecule has 1 N–H and O–H groups in total. The number of aromatic nitrogens is 1. The van der Waals surface area contributed by atoms with E-state index in [9.17, 15) is 9.90 Å². The third kappa shape index (κ3) is 2.81. The number of piperidine rings is 1. The molecule has 2 heterocycles. The Morgan fingerprint density at radius 1 is 1.29 bits per heavy atom. The summed E-state index contributed by atoms with van der Waals surface area (Å²) in [7, 11) is 0. The summed E-state index contributed by atoms with van der Waals surface area (Å²) in [5.41, 5.74) is 1.59. The Hall–Kier alpha value is -1.81. The molecule has 1 aromatic carbocycles. The standard InChI is InChI=1S/C17H22N2O2/c1-13-11-14-5-3-4-6-15(14)19(13)12-16(20)18-9-7-17(2,21)8-10-18/h3-6,11,21H,7-10,12H2,1-2H3. The number of fused-ring (bicyclic) bond motifs is 1. The number of hydrogen-bond donors (Lipinski definition) is 1. The number of likely N-dealkylation sites (tertiary alicyclic amines) is 1. The molecule has 0 saturated carbocycles. The van der Waals surface area contributed by atoms with Crippen LogP contribution in [0.4, 0.5) is 0 Å². The van der Waals surface area contributed by atoms with Crippen LogP contribution < -0.4 is 0 Å². The van der Waals surface area contributed by atoms with Crippen LogP contribution in [0.3, 0.4) is 0 Å². The summed E-state index contributed by atoms with van der Waals surface area (Å²) in [6.07, 6.45) is 1.31.